The lowest BCUT2D eigenvalue weighted by Crippen LogP contribution is -2.14. The number of nitrogens with zero attached hydrogens (tertiary/aromatic N) is 1. The van der Waals surface area contributed by atoms with Gasteiger partial charge in [-0.2, -0.15) is 0 Å². The monoisotopic (exact) mass is 435 g/mol. The number of rotatable bonds is 9. The highest BCUT2D eigenvalue weighted by atomic mass is 32.2. The molecular formula is C19H18FN3O4S2. The average Bonchev–Trinajstić information content (AvgIpc) is 3.19. The predicted octanol–water partition coefficient (Wildman–Crippen LogP) is 3.88. The fourth-order valence-electron chi connectivity index (χ4n) is 2.34. The van der Waals surface area contributed by atoms with E-state index in [2.05, 4.69) is 15.0 Å². The molecule has 1 heterocycles. The van der Waals surface area contributed by atoms with E-state index in [4.69, 9.17) is 4.74 Å². The SMILES string of the molecule is O=C(CCCOc1ccc(F)cc1)Nc1ccc(S(=O)(=O)Nc2nccs2)cc1. The van der Waals surface area contributed by atoms with Crippen molar-refractivity contribution < 1.29 is 22.3 Å². The second kappa shape index (κ2) is 9.48. The number of halogens is 1. The Balaban J connectivity index is 1.45. The molecular weight excluding hydrogens is 417 g/mol. The predicted molar refractivity (Wildman–Crippen MR) is 109 cm³/mol. The van der Waals surface area contributed by atoms with Gasteiger partial charge in [-0.25, -0.2) is 17.8 Å². The van der Waals surface area contributed by atoms with Crippen LogP contribution >= 0.6 is 11.3 Å². The first kappa shape index (κ1) is 20.7. The molecule has 152 valence electrons. The van der Waals surface area contributed by atoms with E-state index >= 15 is 0 Å². The molecule has 0 atom stereocenters. The number of nitrogens with one attached hydrogen (secondary N) is 2. The van der Waals surface area contributed by atoms with Gasteiger partial charge in [-0.15, -0.1) is 11.3 Å². The molecule has 0 saturated heterocycles. The van der Waals surface area contributed by atoms with Crippen LogP contribution in [0.3, 0.4) is 0 Å². The molecule has 0 aliphatic rings. The second-order valence-electron chi connectivity index (χ2n) is 5.92. The lowest BCUT2D eigenvalue weighted by molar-refractivity contribution is -0.116. The molecule has 0 unspecified atom stereocenters. The van der Waals surface area contributed by atoms with Crippen molar-refractivity contribution in [3.8, 4) is 5.75 Å². The normalized spacial score (nSPS) is 11.1. The van der Waals surface area contributed by atoms with Crippen LogP contribution in [0, 0.1) is 5.82 Å². The zero-order valence-corrected chi connectivity index (χ0v) is 16.8. The summed E-state index contributed by atoms with van der Waals surface area (Å²) >= 11 is 1.18. The van der Waals surface area contributed by atoms with Gasteiger partial charge in [-0.05, 0) is 55.0 Å². The van der Waals surface area contributed by atoms with E-state index in [0.717, 1.165) is 0 Å². The fourth-order valence-corrected chi connectivity index (χ4v) is 4.13. The maximum atomic E-state index is 12.8. The molecule has 0 saturated carbocycles. The van der Waals surface area contributed by atoms with Gasteiger partial charge in [0.05, 0.1) is 11.5 Å². The number of thiazole rings is 1. The molecule has 1 aromatic heterocycles. The topological polar surface area (TPSA) is 97.4 Å². The molecule has 0 bridgehead atoms. The third-order valence-corrected chi connectivity index (χ3v) is 5.91. The van der Waals surface area contributed by atoms with Gasteiger partial charge in [0.2, 0.25) is 5.91 Å². The van der Waals surface area contributed by atoms with E-state index in [1.807, 2.05) is 0 Å². The number of sulfonamides is 1. The van der Waals surface area contributed by atoms with Crippen LogP contribution in [-0.2, 0) is 14.8 Å². The molecule has 0 fully saturated rings. The van der Waals surface area contributed by atoms with Crippen LogP contribution in [-0.4, -0.2) is 25.9 Å². The van der Waals surface area contributed by atoms with Crippen LogP contribution < -0.4 is 14.8 Å². The summed E-state index contributed by atoms with van der Waals surface area (Å²) in [7, 11) is -3.73. The number of benzene rings is 2. The first-order chi connectivity index (χ1) is 13.9. The van der Waals surface area contributed by atoms with E-state index in [1.165, 1.54) is 66.1 Å². The van der Waals surface area contributed by atoms with Crippen molar-refractivity contribution in [3.05, 3.63) is 65.9 Å². The summed E-state index contributed by atoms with van der Waals surface area (Å²) in [5.41, 5.74) is 0.489. The number of hydrogen-bond donors (Lipinski definition) is 2. The third-order valence-electron chi connectivity index (χ3n) is 3.73. The molecule has 7 nitrogen and oxygen atoms in total. The zero-order valence-electron chi connectivity index (χ0n) is 15.2. The van der Waals surface area contributed by atoms with E-state index in [-0.39, 0.29) is 28.2 Å². The molecule has 3 aromatic rings. The van der Waals surface area contributed by atoms with Crippen molar-refractivity contribution >= 4 is 38.1 Å². The van der Waals surface area contributed by atoms with E-state index in [0.29, 0.717) is 24.5 Å². The van der Waals surface area contributed by atoms with Gasteiger partial charge < -0.3 is 10.1 Å². The summed E-state index contributed by atoms with van der Waals surface area (Å²) < 4.78 is 45.2. The Morgan fingerprint density at radius 2 is 1.83 bits per heavy atom. The number of ether oxygens (including phenoxy) is 1. The van der Waals surface area contributed by atoms with Crippen molar-refractivity contribution in [3.63, 3.8) is 0 Å². The van der Waals surface area contributed by atoms with Gasteiger partial charge in [0, 0.05) is 23.7 Å². The van der Waals surface area contributed by atoms with Gasteiger partial charge >= 0.3 is 0 Å². The molecule has 0 radical (unpaired) electrons. The molecule has 2 aromatic carbocycles. The Labute approximate surface area is 171 Å². The number of anilines is 2. The highest BCUT2D eigenvalue weighted by Gasteiger charge is 2.15. The lowest BCUT2D eigenvalue weighted by atomic mass is 10.2. The first-order valence-electron chi connectivity index (χ1n) is 8.63. The molecule has 29 heavy (non-hydrogen) atoms. The minimum atomic E-state index is -3.73. The lowest BCUT2D eigenvalue weighted by Gasteiger charge is -2.09. The Morgan fingerprint density at radius 3 is 2.48 bits per heavy atom. The number of carbonyl (C=O) groups excluding carboxylic acids is 1. The number of aromatic nitrogens is 1. The molecule has 2 N–H and O–H groups in total. The minimum absolute atomic E-state index is 0.0680. The van der Waals surface area contributed by atoms with E-state index in [9.17, 15) is 17.6 Å². The molecule has 10 heteroatoms. The van der Waals surface area contributed by atoms with Gasteiger partial charge in [0.25, 0.3) is 10.0 Å². The maximum Gasteiger partial charge on any atom is 0.263 e. The van der Waals surface area contributed by atoms with Crippen LogP contribution in [0.1, 0.15) is 12.8 Å². The second-order valence-corrected chi connectivity index (χ2v) is 8.50. The van der Waals surface area contributed by atoms with Gasteiger partial charge in [-0.1, -0.05) is 0 Å². The summed E-state index contributed by atoms with van der Waals surface area (Å²) in [5.74, 6) is -0.0197. The number of hydrogen-bond acceptors (Lipinski definition) is 6. The quantitative estimate of drug-likeness (QED) is 0.497. The van der Waals surface area contributed by atoms with Crippen molar-refractivity contribution in [1.29, 1.82) is 0 Å². The van der Waals surface area contributed by atoms with Gasteiger partial charge in [0.15, 0.2) is 5.13 Å². The molecule has 0 aliphatic heterocycles. The van der Waals surface area contributed by atoms with Crippen LogP contribution in [0.2, 0.25) is 0 Å². The average molecular weight is 436 g/mol. The fraction of sp³-hybridized carbons (Fsp3) is 0.158. The van der Waals surface area contributed by atoms with Crippen molar-refractivity contribution in [1.82, 2.24) is 4.98 Å². The number of carbonyl (C=O) groups is 1. The molecule has 0 aliphatic carbocycles. The highest BCUT2D eigenvalue weighted by Crippen LogP contribution is 2.19. The smallest absolute Gasteiger partial charge is 0.263 e. The Kier molecular flexibility index (Phi) is 6.78. The van der Waals surface area contributed by atoms with Crippen molar-refractivity contribution in [2.45, 2.75) is 17.7 Å². The van der Waals surface area contributed by atoms with Crippen molar-refractivity contribution in [2.24, 2.45) is 0 Å². The van der Waals surface area contributed by atoms with Crippen LogP contribution in [0.25, 0.3) is 0 Å². The summed E-state index contributed by atoms with van der Waals surface area (Å²) in [4.78, 5) is 16.0. The summed E-state index contributed by atoms with van der Waals surface area (Å²) in [5, 5.41) is 4.65. The zero-order chi connectivity index (χ0) is 20.7. The minimum Gasteiger partial charge on any atom is -0.494 e. The van der Waals surface area contributed by atoms with Crippen LogP contribution in [0.4, 0.5) is 15.2 Å². The molecule has 3 rings (SSSR count). The number of amides is 1. The van der Waals surface area contributed by atoms with E-state index < -0.39 is 10.0 Å². The van der Waals surface area contributed by atoms with E-state index in [1.54, 1.807) is 5.38 Å². The summed E-state index contributed by atoms with van der Waals surface area (Å²) in [6.45, 7) is 0.318. The van der Waals surface area contributed by atoms with Gasteiger partial charge in [-0.3, -0.25) is 9.52 Å². The Hall–Kier alpha value is -2.98. The first-order valence-corrected chi connectivity index (χ1v) is 11.0. The summed E-state index contributed by atoms with van der Waals surface area (Å²) in [6.07, 6.45) is 2.21. The van der Waals surface area contributed by atoms with Crippen LogP contribution in [0.15, 0.2) is 65.0 Å². The largest absolute Gasteiger partial charge is 0.494 e. The molecule has 0 spiro atoms. The maximum absolute atomic E-state index is 12.8. The van der Waals surface area contributed by atoms with Crippen LogP contribution in [0.5, 0.6) is 5.75 Å². The third kappa shape index (κ3) is 6.26. The molecule has 1 amide bonds. The summed E-state index contributed by atoms with van der Waals surface area (Å²) in [6, 6.07) is 11.5. The van der Waals surface area contributed by atoms with Crippen molar-refractivity contribution in [2.75, 3.05) is 16.6 Å². The van der Waals surface area contributed by atoms with Gasteiger partial charge in [0.1, 0.15) is 11.6 Å². The Bertz CT molecular complexity index is 1040. The Morgan fingerprint density at radius 1 is 1.10 bits per heavy atom. The highest BCUT2D eigenvalue weighted by molar-refractivity contribution is 7.93. The standard InChI is InChI=1S/C19H18FN3O4S2/c20-14-3-7-16(8-4-14)27-12-1-2-18(24)22-15-5-9-17(10-6-15)29(25,26)23-19-21-11-13-28-19/h3-11,13H,1-2,12H2,(H,21,23)(H,22,24).